The molecule has 1 amide bonds. The van der Waals surface area contributed by atoms with Gasteiger partial charge in [0.05, 0.1) is 23.9 Å². The topological polar surface area (TPSA) is 50.4 Å². The van der Waals surface area contributed by atoms with Crippen LogP contribution in [0.5, 0.6) is 5.75 Å². The number of para-hydroxylation sites is 1. The van der Waals surface area contributed by atoms with E-state index in [0.717, 1.165) is 28.6 Å². The van der Waals surface area contributed by atoms with Crippen molar-refractivity contribution in [2.24, 2.45) is 5.92 Å². The molecule has 0 saturated carbocycles. The second-order valence-electron chi connectivity index (χ2n) is 8.21. The molecule has 5 rings (SSSR count). The Morgan fingerprint density at radius 3 is 2.62 bits per heavy atom. The summed E-state index contributed by atoms with van der Waals surface area (Å²) in [5, 5.41) is 7.45. The third-order valence-electron chi connectivity index (χ3n) is 6.29. The number of carbonyl (C=O) groups is 1. The molecule has 1 heterocycles. The van der Waals surface area contributed by atoms with Crippen LogP contribution in [0.15, 0.2) is 78.9 Å². The van der Waals surface area contributed by atoms with E-state index in [0.29, 0.717) is 18.1 Å². The minimum absolute atomic E-state index is 0.110. The molecular formula is C27H25ClN2O2. The van der Waals surface area contributed by atoms with Gasteiger partial charge in [0.25, 0.3) is 5.91 Å². The number of ether oxygens (including phenoxy) is 1. The first kappa shape index (κ1) is 20.7. The predicted molar refractivity (Wildman–Crippen MR) is 130 cm³/mol. The number of halogens is 1. The van der Waals surface area contributed by atoms with Gasteiger partial charge in [-0.1, -0.05) is 48.0 Å². The molecule has 3 aromatic carbocycles. The van der Waals surface area contributed by atoms with Crippen LogP contribution in [0.25, 0.3) is 0 Å². The number of carbonyl (C=O) groups excluding carboxylic acids is 1. The Morgan fingerprint density at radius 2 is 1.88 bits per heavy atom. The van der Waals surface area contributed by atoms with Crippen molar-refractivity contribution in [1.82, 2.24) is 0 Å². The Morgan fingerprint density at radius 1 is 1.09 bits per heavy atom. The highest BCUT2D eigenvalue weighted by molar-refractivity contribution is 6.30. The van der Waals surface area contributed by atoms with Crippen molar-refractivity contribution in [3.8, 4) is 5.75 Å². The Kier molecular flexibility index (Phi) is 5.62. The fourth-order valence-corrected chi connectivity index (χ4v) is 4.94. The van der Waals surface area contributed by atoms with Gasteiger partial charge in [0.15, 0.2) is 0 Å². The monoisotopic (exact) mass is 444 g/mol. The smallest absolute Gasteiger partial charge is 0.257 e. The Balaban J connectivity index is 1.46. The maximum absolute atomic E-state index is 13.3. The molecule has 1 aliphatic carbocycles. The normalized spacial score (nSPS) is 20.8. The predicted octanol–water partition coefficient (Wildman–Crippen LogP) is 6.82. The van der Waals surface area contributed by atoms with E-state index in [1.807, 2.05) is 55.5 Å². The van der Waals surface area contributed by atoms with Crippen molar-refractivity contribution < 1.29 is 9.53 Å². The van der Waals surface area contributed by atoms with E-state index in [1.54, 1.807) is 0 Å². The van der Waals surface area contributed by atoms with Gasteiger partial charge in [-0.2, -0.15) is 0 Å². The molecule has 0 radical (unpaired) electrons. The highest BCUT2D eigenvalue weighted by atomic mass is 35.5. The van der Waals surface area contributed by atoms with Crippen molar-refractivity contribution in [1.29, 1.82) is 0 Å². The first-order valence-electron chi connectivity index (χ1n) is 11.0. The average Bonchev–Trinajstić information content (AvgIpc) is 3.30. The van der Waals surface area contributed by atoms with Gasteiger partial charge in [-0.3, -0.25) is 4.79 Å². The Hall–Kier alpha value is -3.24. The molecule has 3 unspecified atom stereocenters. The van der Waals surface area contributed by atoms with Crippen LogP contribution in [0.4, 0.5) is 11.4 Å². The van der Waals surface area contributed by atoms with Crippen molar-refractivity contribution in [3.63, 3.8) is 0 Å². The van der Waals surface area contributed by atoms with Gasteiger partial charge in [-0.05, 0) is 72.9 Å². The van der Waals surface area contributed by atoms with E-state index in [9.17, 15) is 4.79 Å². The molecule has 2 aliphatic rings. The fourth-order valence-electron chi connectivity index (χ4n) is 4.81. The first-order valence-corrected chi connectivity index (χ1v) is 11.4. The number of rotatable bonds is 5. The highest BCUT2D eigenvalue weighted by Crippen LogP contribution is 2.50. The van der Waals surface area contributed by atoms with E-state index in [2.05, 4.69) is 41.0 Å². The lowest BCUT2D eigenvalue weighted by Crippen LogP contribution is -2.30. The van der Waals surface area contributed by atoms with Gasteiger partial charge in [-0.25, -0.2) is 0 Å². The SMILES string of the molecule is CCOc1ccc(NC(=O)c2cccc3c2NC(c2ccc(Cl)cc2)C2CC=CC32)cc1. The Labute approximate surface area is 193 Å². The zero-order valence-electron chi connectivity index (χ0n) is 17.8. The van der Waals surface area contributed by atoms with E-state index in [4.69, 9.17) is 16.3 Å². The lowest BCUT2D eigenvalue weighted by Gasteiger charge is -2.38. The van der Waals surface area contributed by atoms with Crippen LogP contribution in [0, 0.1) is 5.92 Å². The molecule has 0 fully saturated rings. The van der Waals surface area contributed by atoms with E-state index in [1.165, 1.54) is 11.1 Å². The summed E-state index contributed by atoms with van der Waals surface area (Å²) in [5.74, 6) is 1.35. The minimum Gasteiger partial charge on any atom is -0.494 e. The molecule has 0 bridgehead atoms. The highest BCUT2D eigenvalue weighted by Gasteiger charge is 2.39. The van der Waals surface area contributed by atoms with Crippen molar-refractivity contribution in [2.75, 3.05) is 17.2 Å². The molecule has 5 heteroatoms. The average molecular weight is 445 g/mol. The van der Waals surface area contributed by atoms with Crippen LogP contribution >= 0.6 is 11.6 Å². The number of anilines is 2. The van der Waals surface area contributed by atoms with Crippen molar-refractivity contribution in [2.45, 2.75) is 25.3 Å². The van der Waals surface area contributed by atoms with Crippen LogP contribution in [-0.2, 0) is 0 Å². The summed E-state index contributed by atoms with van der Waals surface area (Å²) < 4.78 is 5.49. The van der Waals surface area contributed by atoms with Gasteiger partial charge in [0.2, 0.25) is 0 Å². The molecule has 32 heavy (non-hydrogen) atoms. The van der Waals surface area contributed by atoms with Crippen LogP contribution in [0.2, 0.25) is 5.02 Å². The van der Waals surface area contributed by atoms with E-state index >= 15 is 0 Å². The van der Waals surface area contributed by atoms with Crippen molar-refractivity contribution >= 4 is 28.9 Å². The van der Waals surface area contributed by atoms with Crippen molar-refractivity contribution in [3.05, 3.63) is 101 Å². The zero-order chi connectivity index (χ0) is 22.1. The summed E-state index contributed by atoms with van der Waals surface area (Å²) in [6.07, 6.45) is 5.54. The van der Waals surface area contributed by atoms with E-state index < -0.39 is 0 Å². The summed E-state index contributed by atoms with van der Waals surface area (Å²) in [7, 11) is 0. The summed E-state index contributed by atoms with van der Waals surface area (Å²) in [5.41, 5.74) is 4.64. The molecule has 4 nitrogen and oxygen atoms in total. The lowest BCUT2D eigenvalue weighted by atomic mass is 9.76. The van der Waals surface area contributed by atoms with Crippen LogP contribution < -0.4 is 15.4 Å². The Bertz CT molecular complexity index is 1160. The molecule has 2 N–H and O–H groups in total. The molecule has 3 aromatic rings. The number of nitrogens with one attached hydrogen (secondary N) is 2. The summed E-state index contributed by atoms with van der Waals surface area (Å²) in [6, 6.07) is 21.5. The van der Waals surface area contributed by atoms with Gasteiger partial charge in [0, 0.05) is 16.6 Å². The molecule has 162 valence electrons. The number of hydrogen-bond donors (Lipinski definition) is 2. The summed E-state index contributed by atoms with van der Waals surface area (Å²) >= 11 is 6.12. The molecule has 0 spiro atoms. The molecular weight excluding hydrogens is 420 g/mol. The maximum atomic E-state index is 13.3. The number of amides is 1. The van der Waals surface area contributed by atoms with Crippen LogP contribution in [-0.4, -0.2) is 12.5 Å². The number of benzene rings is 3. The standard InChI is InChI=1S/C27H25ClN2O2/c1-2-32-20-15-13-19(14-16-20)29-27(31)24-8-4-7-23-21-5-3-6-22(21)25(30-26(23)24)17-9-11-18(28)12-10-17/h3-5,7-16,21-22,25,30H,2,6H2,1H3,(H,29,31). The molecule has 1 aliphatic heterocycles. The second-order valence-corrected chi connectivity index (χ2v) is 8.64. The van der Waals surface area contributed by atoms with Crippen LogP contribution in [0.1, 0.15) is 46.8 Å². The summed E-state index contributed by atoms with van der Waals surface area (Å²) in [6.45, 7) is 2.56. The number of allylic oxidation sites excluding steroid dienone is 2. The third kappa shape index (κ3) is 3.87. The quantitative estimate of drug-likeness (QED) is 0.424. The van der Waals surface area contributed by atoms with E-state index in [-0.39, 0.29) is 17.9 Å². The fraction of sp³-hybridized carbons (Fsp3) is 0.222. The molecule has 0 aromatic heterocycles. The lowest BCUT2D eigenvalue weighted by molar-refractivity contribution is 0.102. The largest absolute Gasteiger partial charge is 0.494 e. The van der Waals surface area contributed by atoms with Gasteiger partial charge >= 0.3 is 0 Å². The molecule has 3 atom stereocenters. The number of fused-ring (bicyclic) bond motifs is 3. The second kappa shape index (κ2) is 8.71. The summed E-state index contributed by atoms with van der Waals surface area (Å²) in [4.78, 5) is 13.3. The maximum Gasteiger partial charge on any atom is 0.257 e. The zero-order valence-corrected chi connectivity index (χ0v) is 18.6. The van der Waals surface area contributed by atoms with Gasteiger partial charge in [-0.15, -0.1) is 0 Å². The number of hydrogen-bond acceptors (Lipinski definition) is 3. The minimum atomic E-state index is -0.131. The third-order valence-corrected chi connectivity index (χ3v) is 6.55. The van der Waals surface area contributed by atoms with Crippen LogP contribution in [0.3, 0.4) is 0 Å². The first-order chi connectivity index (χ1) is 15.6. The van der Waals surface area contributed by atoms with Gasteiger partial charge in [0.1, 0.15) is 5.75 Å². The van der Waals surface area contributed by atoms with Gasteiger partial charge < -0.3 is 15.4 Å². The molecule has 0 saturated heterocycles.